The number of carbonyl (C=O) groups is 1. The van der Waals surface area contributed by atoms with E-state index in [0.29, 0.717) is 6.61 Å². The predicted molar refractivity (Wildman–Crippen MR) is 70.8 cm³/mol. The zero-order valence-electron chi connectivity index (χ0n) is 11.2. The van der Waals surface area contributed by atoms with Gasteiger partial charge in [-0.15, -0.1) is 0 Å². The lowest BCUT2D eigenvalue weighted by Gasteiger charge is -2.15. The Morgan fingerprint density at radius 1 is 1.39 bits per heavy atom. The SMILES string of the molecule is CCOCC(=O)NC(C)Cc1ccccc1OC. The van der Waals surface area contributed by atoms with E-state index in [-0.39, 0.29) is 18.6 Å². The number of carbonyl (C=O) groups excluding carboxylic acids is 1. The van der Waals surface area contributed by atoms with Crippen LogP contribution in [-0.4, -0.2) is 32.3 Å². The Balaban J connectivity index is 2.48. The standard InChI is InChI=1S/C14H21NO3/c1-4-18-10-14(16)15-11(2)9-12-7-5-6-8-13(12)17-3/h5-8,11H,4,9-10H2,1-3H3,(H,15,16). The molecule has 18 heavy (non-hydrogen) atoms. The van der Waals surface area contributed by atoms with Crippen LogP contribution in [0.2, 0.25) is 0 Å². The smallest absolute Gasteiger partial charge is 0.246 e. The Bertz CT molecular complexity index is 379. The molecular weight excluding hydrogens is 230 g/mol. The predicted octanol–water partition coefficient (Wildman–Crippen LogP) is 1.78. The molecule has 0 aromatic heterocycles. The zero-order chi connectivity index (χ0) is 13.4. The van der Waals surface area contributed by atoms with Gasteiger partial charge in [-0.3, -0.25) is 4.79 Å². The summed E-state index contributed by atoms with van der Waals surface area (Å²) in [4.78, 5) is 11.5. The van der Waals surface area contributed by atoms with Crippen molar-refractivity contribution in [1.82, 2.24) is 5.32 Å². The molecule has 1 atom stereocenters. The van der Waals surface area contributed by atoms with Crippen molar-refractivity contribution in [2.24, 2.45) is 0 Å². The molecule has 0 radical (unpaired) electrons. The van der Waals surface area contributed by atoms with Gasteiger partial charge in [-0.2, -0.15) is 0 Å². The van der Waals surface area contributed by atoms with Crippen molar-refractivity contribution >= 4 is 5.91 Å². The van der Waals surface area contributed by atoms with Crippen LogP contribution in [0.5, 0.6) is 5.75 Å². The fraction of sp³-hybridized carbons (Fsp3) is 0.500. The molecule has 1 N–H and O–H groups in total. The van der Waals surface area contributed by atoms with Gasteiger partial charge < -0.3 is 14.8 Å². The molecule has 4 nitrogen and oxygen atoms in total. The molecule has 0 bridgehead atoms. The zero-order valence-corrected chi connectivity index (χ0v) is 11.2. The Morgan fingerprint density at radius 3 is 2.78 bits per heavy atom. The highest BCUT2D eigenvalue weighted by Gasteiger charge is 2.10. The van der Waals surface area contributed by atoms with Crippen molar-refractivity contribution < 1.29 is 14.3 Å². The number of methoxy groups -OCH3 is 1. The number of benzene rings is 1. The molecule has 0 aliphatic carbocycles. The summed E-state index contributed by atoms with van der Waals surface area (Å²) in [5.41, 5.74) is 1.09. The van der Waals surface area contributed by atoms with Crippen LogP contribution in [0.1, 0.15) is 19.4 Å². The molecule has 0 saturated heterocycles. The van der Waals surface area contributed by atoms with Gasteiger partial charge in [0.05, 0.1) is 7.11 Å². The fourth-order valence-electron chi connectivity index (χ4n) is 1.76. The molecule has 1 unspecified atom stereocenters. The number of para-hydroxylation sites is 1. The van der Waals surface area contributed by atoms with E-state index in [0.717, 1.165) is 17.7 Å². The van der Waals surface area contributed by atoms with Gasteiger partial charge in [-0.1, -0.05) is 18.2 Å². The minimum Gasteiger partial charge on any atom is -0.496 e. The van der Waals surface area contributed by atoms with Gasteiger partial charge in [0.25, 0.3) is 0 Å². The molecule has 1 aromatic carbocycles. The molecule has 4 heteroatoms. The molecule has 0 aliphatic rings. The molecule has 0 aliphatic heterocycles. The van der Waals surface area contributed by atoms with Gasteiger partial charge in [0, 0.05) is 12.6 Å². The monoisotopic (exact) mass is 251 g/mol. The molecule has 100 valence electrons. The summed E-state index contributed by atoms with van der Waals surface area (Å²) in [6.07, 6.45) is 0.738. The molecule has 0 saturated carbocycles. The summed E-state index contributed by atoms with van der Waals surface area (Å²) in [7, 11) is 1.65. The highest BCUT2D eigenvalue weighted by atomic mass is 16.5. The number of hydrogen-bond acceptors (Lipinski definition) is 3. The summed E-state index contributed by atoms with van der Waals surface area (Å²) in [5, 5.41) is 2.89. The van der Waals surface area contributed by atoms with Crippen LogP contribution in [0.15, 0.2) is 24.3 Å². The molecule has 0 heterocycles. The third kappa shape index (κ3) is 4.75. The lowest BCUT2D eigenvalue weighted by atomic mass is 10.1. The van der Waals surface area contributed by atoms with Crippen LogP contribution in [0, 0.1) is 0 Å². The lowest BCUT2D eigenvalue weighted by molar-refractivity contribution is -0.126. The number of hydrogen-bond donors (Lipinski definition) is 1. The van der Waals surface area contributed by atoms with Gasteiger partial charge in [0.2, 0.25) is 5.91 Å². The average molecular weight is 251 g/mol. The normalized spacial score (nSPS) is 11.9. The Kier molecular flexibility index (Phi) is 6.22. The van der Waals surface area contributed by atoms with Gasteiger partial charge in [-0.05, 0) is 31.9 Å². The van der Waals surface area contributed by atoms with Gasteiger partial charge >= 0.3 is 0 Å². The topological polar surface area (TPSA) is 47.6 Å². The molecule has 0 fully saturated rings. The van der Waals surface area contributed by atoms with E-state index in [9.17, 15) is 4.79 Å². The minimum absolute atomic E-state index is 0.0502. The molecule has 1 rings (SSSR count). The Labute approximate surface area is 108 Å². The molecule has 1 aromatic rings. The van der Waals surface area contributed by atoms with Crippen molar-refractivity contribution in [1.29, 1.82) is 0 Å². The maximum atomic E-state index is 11.5. The van der Waals surface area contributed by atoms with Crippen LogP contribution >= 0.6 is 0 Å². The molecule has 0 spiro atoms. The van der Waals surface area contributed by atoms with Crippen LogP contribution in [-0.2, 0) is 16.0 Å². The summed E-state index contributed by atoms with van der Waals surface area (Å²) in [6.45, 7) is 4.50. The van der Waals surface area contributed by atoms with Gasteiger partial charge in [0.15, 0.2) is 0 Å². The Morgan fingerprint density at radius 2 is 2.11 bits per heavy atom. The van der Waals surface area contributed by atoms with E-state index in [1.54, 1.807) is 7.11 Å². The maximum Gasteiger partial charge on any atom is 0.246 e. The number of nitrogens with one attached hydrogen (secondary N) is 1. The van der Waals surface area contributed by atoms with Crippen LogP contribution in [0.4, 0.5) is 0 Å². The fourth-order valence-corrected chi connectivity index (χ4v) is 1.76. The van der Waals surface area contributed by atoms with E-state index < -0.39 is 0 Å². The first kappa shape index (κ1) is 14.5. The largest absolute Gasteiger partial charge is 0.496 e. The third-order valence-electron chi connectivity index (χ3n) is 2.56. The van der Waals surface area contributed by atoms with Crippen molar-refractivity contribution in [3.8, 4) is 5.75 Å². The Hall–Kier alpha value is -1.55. The van der Waals surface area contributed by atoms with Crippen LogP contribution in [0.3, 0.4) is 0 Å². The van der Waals surface area contributed by atoms with Crippen LogP contribution in [0.25, 0.3) is 0 Å². The van der Waals surface area contributed by atoms with E-state index >= 15 is 0 Å². The highest BCUT2D eigenvalue weighted by Crippen LogP contribution is 2.18. The van der Waals surface area contributed by atoms with Crippen molar-refractivity contribution in [3.63, 3.8) is 0 Å². The first-order valence-electron chi connectivity index (χ1n) is 6.16. The van der Waals surface area contributed by atoms with Crippen molar-refractivity contribution in [3.05, 3.63) is 29.8 Å². The summed E-state index contributed by atoms with van der Waals surface area (Å²) in [5.74, 6) is 0.766. The summed E-state index contributed by atoms with van der Waals surface area (Å²) >= 11 is 0. The quantitative estimate of drug-likeness (QED) is 0.803. The average Bonchev–Trinajstić information content (AvgIpc) is 2.36. The molecule has 1 amide bonds. The summed E-state index contributed by atoms with van der Waals surface area (Å²) in [6, 6.07) is 7.87. The second-order valence-electron chi connectivity index (χ2n) is 4.12. The van der Waals surface area contributed by atoms with Crippen molar-refractivity contribution in [2.45, 2.75) is 26.3 Å². The van der Waals surface area contributed by atoms with Crippen molar-refractivity contribution in [2.75, 3.05) is 20.3 Å². The van der Waals surface area contributed by atoms with Gasteiger partial charge in [0.1, 0.15) is 12.4 Å². The number of rotatable bonds is 7. The first-order chi connectivity index (χ1) is 8.67. The molecular formula is C14H21NO3. The third-order valence-corrected chi connectivity index (χ3v) is 2.56. The van der Waals surface area contributed by atoms with E-state index in [1.807, 2.05) is 38.1 Å². The minimum atomic E-state index is -0.0840. The van der Waals surface area contributed by atoms with Crippen LogP contribution < -0.4 is 10.1 Å². The first-order valence-corrected chi connectivity index (χ1v) is 6.16. The van der Waals surface area contributed by atoms with E-state index in [1.165, 1.54) is 0 Å². The second kappa shape index (κ2) is 7.71. The number of ether oxygens (including phenoxy) is 2. The van der Waals surface area contributed by atoms with E-state index in [2.05, 4.69) is 5.32 Å². The number of amides is 1. The summed E-state index contributed by atoms with van der Waals surface area (Å²) < 4.78 is 10.3. The maximum absolute atomic E-state index is 11.5. The highest BCUT2D eigenvalue weighted by molar-refractivity contribution is 5.77. The second-order valence-corrected chi connectivity index (χ2v) is 4.12. The van der Waals surface area contributed by atoms with Gasteiger partial charge in [-0.25, -0.2) is 0 Å². The lowest BCUT2D eigenvalue weighted by Crippen LogP contribution is -2.36. The van der Waals surface area contributed by atoms with E-state index in [4.69, 9.17) is 9.47 Å².